The van der Waals surface area contributed by atoms with E-state index in [1.54, 1.807) is 9.80 Å². The highest BCUT2D eigenvalue weighted by molar-refractivity contribution is 5.83. The minimum Gasteiger partial charge on any atom is -0.480 e. The number of hydrogen-bond donors (Lipinski definition) is 6. The van der Waals surface area contributed by atoms with Crippen molar-refractivity contribution in [3.05, 3.63) is 0 Å². The number of carbonyl (C=O) groups is 5. The van der Waals surface area contributed by atoms with Crippen LogP contribution in [0.2, 0.25) is 0 Å². The molecule has 0 heterocycles. The lowest BCUT2D eigenvalue weighted by Gasteiger charge is -2.32. The number of hydrogen-bond acceptors (Lipinski definition) is 13. The SMILES string of the molecule is COOCN(CCN(CCN(CC=O)CC(=O)O)C(C=O)CCC(=O)N[C@@H](CCCNC(=N)N)C(=O)O)COOC. The highest BCUT2D eigenvalue weighted by Gasteiger charge is 2.24. The van der Waals surface area contributed by atoms with Crippen molar-refractivity contribution < 1.29 is 53.7 Å². The Labute approximate surface area is 238 Å². The third kappa shape index (κ3) is 19.5. The fourth-order valence-electron chi connectivity index (χ4n) is 3.60. The van der Waals surface area contributed by atoms with Crippen LogP contribution >= 0.6 is 0 Å². The van der Waals surface area contributed by atoms with Gasteiger partial charge in [0, 0.05) is 39.1 Å². The first-order chi connectivity index (χ1) is 19.6. The number of nitrogens with two attached hydrogens (primary N) is 1. The van der Waals surface area contributed by atoms with Gasteiger partial charge in [-0.1, -0.05) is 0 Å². The standard InChI is InChI=1S/C23H43N7O11/c1-38-40-16-29(17-41-39-2)9-11-30(10-8-28(12-13-31)14-21(34)35)18(15-32)5-6-20(33)27-19(22(36)37)4-3-7-26-23(24)25/h13,15,18-19H,3-12,14,16-17H2,1-2H3,(H,27,33)(H,34,35)(H,36,37)(H4,24,25,26)/t18?,19-/m0/s1. The van der Waals surface area contributed by atoms with E-state index in [4.69, 9.17) is 26.0 Å². The van der Waals surface area contributed by atoms with Crippen LogP contribution in [0.15, 0.2) is 0 Å². The van der Waals surface area contributed by atoms with Gasteiger partial charge in [0.05, 0.1) is 33.4 Å². The molecule has 0 saturated heterocycles. The maximum Gasteiger partial charge on any atom is 0.326 e. The van der Waals surface area contributed by atoms with Crippen LogP contribution in [0, 0.1) is 5.41 Å². The monoisotopic (exact) mass is 593 g/mol. The van der Waals surface area contributed by atoms with E-state index in [1.807, 2.05) is 0 Å². The van der Waals surface area contributed by atoms with E-state index in [0.29, 0.717) is 19.0 Å². The van der Waals surface area contributed by atoms with Gasteiger partial charge in [0.25, 0.3) is 0 Å². The van der Waals surface area contributed by atoms with Crippen LogP contribution in [-0.4, -0.2) is 147 Å². The van der Waals surface area contributed by atoms with Gasteiger partial charge in [-0.25, -0.2) is 24.3 Å². The summed E-state index contributed by atoms with van der Waals surface area (Å²) in [6.45, 7) is 0.600. The molecule has 0 fully saturated rings. The topological polar surface area (TPSA) is 246 Å². The summed E-state index contributed by atoms with van der Waals surface area (Å²) in [5, 5.41) is 30.7. The maximum absolute atomic E-state index is 12.6. The first-order valence-electron chi connectivity index (χ1n) is 12.8. The summed E-state index contributed by atoms with van der Waals surface area (Å²) in [4.78, 5) is 82.3. The fraction of sp³-hybridized carbons (Fsp3) is 0.739. The molecule has 0 aliphatic rings. The molecule has 0 aromatic heterocycles. The number of nitrogens with one attached hydrogen (secondary N) is 3. The number of rotatable bonds is 27. The minimum absolute atomic E-state index is 0.00332. The molecule has 2 atom stereocenters. The highest BCUT2D eigenvalue weighted by Crippen LogP contribution is 2.08. The van der Waals surface area contributed by atoms with Gasteiger partial charge in [-0.05, 0) is 19.3 Å². The van der Waals surface area contributed by atoms with E-state index in [9.17, 15) is 29.1 Å². The van der Waals surface area contributed by atoms with E-state index < -0.39 is 29.9 Å². The van der Waals surface area contributed by atoms with Crippen molar-refractivity contribution in [2.45, 2.75) is 37.8 Å². The summed E-state index contributed by atoms with van der Waals surface area (Å²) in [7, 11) is 2.66. The normalized spacial score (nSPS) is 12.7. The Morgan fingerprint density at radius 1 is 0.976 bits per heavy atom. The lowest BCUT2D eigenvalue weighted by molar-refractivity contribution is -0.334. The predicted molar refractivity (Wildman–Crippen MR) is 142 cm³/mol. The number of nitrogens with zero attached hydrogens (tertiary/aromatic N) is 3. The Morgan fingerprint density at radius 2 is 1.59 bits per heavy atom. The van der Waals surface area contributed by atoms with Gasteiger partial charge < -0.3 is 36.2 Å². The highest BCUT2D eigenvalue weighted by atomic mass is 17.2. The fourth-order valence-corrected chi connectivity index (χ4v) is 3.60. The van der Waals surface area contributed by atoms with Crippen molar-refractivity contribution in [2.24, 2.45) is 5.73 Å². The van der Waals surface area contributed by atoms with Crippen LogP contribution in [0.3, 0.4) is 0 Å². The molecular weight excluding hydrogens is 550 g/mol. The van der Waals surface area contributed by atoms with Crippen molar-refractivity contribution in [2.75, 3.05) is 73.5 Å². The molecule has 0 saturated carbocycles. The Balaban J connectivity index is 5.38. The van der Waals surface area contributed by atoms with Gasteiger partial charge in [0.1, 0.15) is 32.1 Å². The summed E-state index contributed by atoms with van der Waals surface area (Å²) in [6.07, 6.45) is 1.55. The number of carboxylic acid groups (broad SMARTS) is 2. The lowest BCUT2D eigenvalue weighted by atomic mass is 10.1. The summed E-state index contributed by atoms with van der Waals surface area (Å²) < 4.78 is 0. The third-order valence-corrected chi connectivity index (χ3v) is 5.72. The maximum atomic E-state index is 12.6. The molecule has 0 aliphatic heterocycles. The second kappa shape index (κ2) is 23.4. The number of aliphatic carboxylic acids is 2. The minimum atomic E-state index is -1.22. The van der Waals surface area contributed by atoms with E-state index in [0.717, 1.165) is 0 Å². The molecule has 0 bridgehead atoms. The van der Waals surface area contributed by atoms with Crippen LogP contribution < -0.4 is 16.4 Å². The Kier molecular flexibility index (Phi) is 21.6. The van der Waals surface area contributed by atoms with Crippen LogP contribution in [0.1, 0.15) is 25.7 Å². The van der Waals surface area contributed by atoms with Crippen LogP contribution in [0.25, 0.3) is 0 Å². The Bertz CT molecular complexity index is 798. The van der Waals surface area contributed by atoms with E-state index in [2.05, 4.69) is 20.4 Å². The quantitative estimate of drug-likeness (QED) is 0.0109. The number of carbonyl (C=O) groups excluding carboxylic acids is 3. The summed E-state index contributed by atoms with van der Waals surface area (Å²) in [5.41, 5.74) is 5.19. The van der Waals surface area contributed by atoms with E-state index in [-0.39, 0.29) is 84.5 Å². The van der Waals surface area contributed by atoms with E-state index >= 15 is 0 Å². The second-order valence-electron chi connectivity index (χ2n) is 8.74. The van der Waals surface area contributed by atoms with E-state index in [1.165, 1.54) is 19.1 Å². The number of aldehydes is 2. The van der Waals surface area contributed by atoms with Crippen LogP contribution in [-0.2, 0) is 43.5 Å². The molecule has 0 spiro atoms. The molecule has 1 amide bonds. The first kappa shape index (κ1) is 37.7. The molecule has 0 aliphatic carbocycles. The van der Waals surface area contributed by atoms with Gasteiger partial charge in [0.2, 0.25) is 5.91 Å². The molecule has 1 unspecified atom stereocenters. The molecule has 7 N–H and O–H groups in total. The Morgan fingerprint density at radius 3 is 2.07 bits per heavy atom. The second-order valence-corrected chi connectivity index (χ2v) is 8.74. The smallest absolute Gasteiger partial charge is 0.326 e. The summed E-state index contributed by atoms with van der Waals surface area (Å²) in [5.74, 6) is -3.16. The van der Waals surface area contributed by atoms with Crippen molar-refractivity contribution in [3.8, 4) is 0 Å². The predicted octanol–water partition coefficient (Wildman–Crippen LogP) is -2.57. The molecule has 18 heteroatoms. The number of guanidine groups is 1. The van der Waals surface area contributed by atoms with Crippen LogP contribution in [0.4, 0.5) is 0 Å². The zero-order chi connectivity index (χ0) is 31.0. The zero-order valence-corrected chi connectivity index (χ0v) is 23.5. The lowest BCUT2D eigenvalue weighted by Crippen LogP contribution is -2.47. The van der Waals surface area contributed by atoms with Gasteiger partial charge in [-0.2, -0.15) is 0 Å². The molecule has 236 valence electrons. The zero-order valence-electron chi connectivity index (χ0n) is 23.5. The first-order valence-corrected chi connectivity index (χ1v) is 12.8. The molecule has 18 nitrogen and oxygen atoms in total. The molecule has 0 radical (unpaired) electrons. The summed E-state index contributed by atoms with van der Waals surface area (Å²) >= 11 is 0. The van der Waals surface area contributed by atoms with Gasteiger partial charge in [0.15, 0.2) is 5.96 Å². The Hall–Kier alpha value is -3.26. The molecule has 41 heavy (non-hydrogen) atoms. The van der Waals surface area contributed by atoms with Gasteiger partial charge in [-0.15, -0.1) is 0 Å². The average Bonchev–Trinajstić information content (AvgIpc) is 2.91. The molecule has 0 aromatic rings. The summed E-state index contributed by atoms with van der Waals surface area (Å²) in [6, 6.07) is -1.95. The van der Waals surface area contributed by atoms with Crippen molar-refractivity contribution in [3.63, 3.8) is 0 Å². The van der Waals surface area contributed by atoms with Crippen LogP contribution in [0.5, 0.6) is 0 Å². The third-order valence-electron chi connectivity index (χ3n) is 5.72. The van der Waals surface area contributed by atoms with Gasteiger partial charge in [-0.3, -0.25) is 29.7 Å². The molecule has 0 rings (SSSR count). The van der Waals surface area contributed by atoms with Crippen molar-refractivity contribution >= 4 is 36.4 Å². The average molecular weight is 594 g/mol. The largest absolute Gasteiger partial charge is 0.480 e. The van der Waals surface area contributed by atoms with Crippen molar-refractivity contribution in [1.29, 1.82) is 5.41 Å². The van der Waals surface area contributed by atoms with Gasteiger partial charge >= 0.3 is 11.9 Å². The van der Waals surface area contributed by atoms with Crippen molar-refractivity contribution in [1.82, 2.24) is 25.3 Å². The number of carboxylic acids is 2. The molecular formula is C23H43N7O11. The molecule has 0 aromatic carbocycles. The number of amides is 1.